The molecular formula is C10H10N4O2S. The van der Waals surface area contributed by atoms with Crippen LogP contribution in [-0.2, 0) is 6.42 Å². The van der Waals surface area contributed by atoms with Gasteiger partial charge in [-0.3, -0.25) is 0 Å². The Hall–Kier alpha value is -2.02. The van der Waals surface area contributed by atoms with Crippen LogP contribution in [0.5, 0.6) is 0 Å². The van der Waals surface area contributed by atoms with Gasteiger partial charge in [0.15, 0.2) is 5.69 Å². The van der Waals surface area contributed by atoms with E-state index < -0.39 is 5.97 Å². The lowest BCUT2D eigenvalue weighted by Gasteiger charge is -2.03. The van der Waals surface area contributed by atoms with Gasteiger partial charge in [0.2, 0.25) is 0 Å². The fraction of sp³-hybridized carbons (Fsp3) is 0.200. The molecule has 0 atom stereocenters. The van der Waals surface area contributed by atoms with Gasteiger partial charge in [-0.15, -0.1) is 21.5 Å². The minimum absolute atomic E-state index is 0.0601. The van der Waals surface area contributed by atoms with E-state index in [9.17, 15) is 4.79 Å². The van der Waals surface area contributed by atoms with E-state index in [1.807, 2.05) is 5.38 Å². The van der Waals surface area contributed by atoms with Gasteiger partial charge in [0.05, 0.1) is 11.2 Å². The van der Waals surface area contributed by atoms with Crippen LogP contribution in [0.1, 0.15) is 16.2 Å². The average Bonchev–Trinajstić information content (AvgIpc) is 2.83. The second-order valence-corrected chi connectivity index (χ2v) is 3.98. The van der Waals surface area contributed by atoms with Crippen molar-refractivity contribution in [1.82, 2.24) is 15.2 Å². The van der Waals surface area contributed by atoms with Crippen LogP contribution in [0, 0.1) is 0 Å². The Kier molecular flexibility index (Phi) is 3.61. The third kappa shape index (κ3) is 3.22. The Morgan fingerprint density at radius 2 is 2.29 bits per heavy atom. The lowest BCUT2D eigenvalue weighted by atomic mass is 10.3. The normalized spacial score (nSPS) is 10.1. The largest absolute Gasteiger partial charge is 0.476 e. The molecule has 7 heteroatoms. The molecule has 0 radical (unpaired) electrons. The zero-order valence-corrected chi connectivity index (χ0v) is 9.65. The standard InChI is InChI=1S/C10H10N4O2S/c15-10(16)8-1-2-9(14-13-8)11-4-3-7-5-17-6-12-7/h1-2,5-6H,3-4H2,(H,11,14)(H,15,16). The molecule has 0 saturated carbocycles. The summed E-state index contributed by atoms with van der Waals surface area (Å²) >= 11 is 1.56. The zero-order valence-electron chi connectivity index (χ0n) is 8.83. The molecule has 0 aliphatic heterocycles. The van der Waals surface area contributed by atoms with Crippen molar-refractivity contribution in [1.29, 1.82) is 0 Å². The Morgan fingerprint density at radius 1 is 1.41 bits per heavy atom. The number of hydrogen-bond donors (Lipinski definition) is 2. The van der Waals surface area contributed by atoms with Crippen LogP contribution >= 0.6 is 11.3 Å². The SMILES string of the molecule is O=C(O)c1ccc(NCCc2cscn2)nn1. The highest BCUT2D eigenvalue weighted by molar-refractivity contribution is 7.07. The van der Waals surface area contributed by atoms with Gasteiger partial charge in [0.1, 0.15) is 5.82 Å². The van der Waals surface area contributed by atoms with E-state index in [4.69, 9.17) is 5.11 Å². The average molecular weight is 250 g/mol. The molecule has 2 heterocycles. The number of carboxylic acid groups (broad SMARTS) is 1. The minimum Gasteiger partial charge on any atom is -0.476 e. The predicted octanol–water partition coefficient (Wildman–Crippen LogP) is 1.29. The van der Waals surface area contributed by atoms with Gasteiger partial charge in [-0.05, 0) is 12.1 Å². The van der Waals surface area contributed by atoms with Gasteiger partial charge in [0, 0.05) is 18.3 Å². The van der Waals surface area contributed by atoms with Crippen molar-refractivity contribution in [3.8, 4) is 0 Å². The second-order valence-electron chi connectivity index (χ2n) is 3.27. The molecule has 2 rings (SSSR count). The number of anilines is 1. The van der Waals surface area contributed by atoms with Crippen LogP contribution in [0.3, 0.4) is 0 Å². The smallest absolute Gasteiger partial charge is 0.356 e. The van der Waals surface area contributed by atoms with E-state index in [1.54, 1.807) is 22.9 Å². The number of carboxylic acids is 1. The molecule has 2 aromatic rings. The van der Waals surface area contributed by atoms with Gasteiger partial charge in [-0.2, -0.15) is 0 Å². The van der Waals surface area contributed by atoms with Crippen LogP contribution in [0.2, 0.25) is 0 Å². The summed E-state index contributed by atoms with van der Waals surface area (Å²) in [5, 5.41) is 21.0. The third-order valence-electron chi connectivity index (χ3n) is 2.05. The second kappa shape index (κ2) is 5.35. The maximum Gasteiger partial charge on any atom is 0.356 e. The summed E-state index contributed by atoms with van der Waals surface area (Å²) in [6.45, 7) is 0.685. The molecule has 2 aromatic heterocycles. The predicted molar refractivity (Wildman–Crippen MR) is 63.3 cm³/mol. The Balaban J connectivity index is 1.85. The molecule has 0 aliphatic rings. The molecule has 0 amide bonds. The lowest BCUT2D eigenvalue weighted by Crippen LogP contribution is -2.09. The number of rotatable bonds is 5. The summed E-state index contributed by atoms with van der Waals surface area (Å²) in [5.74, 6) is -0.517. The van der Waals surface area contributed by atoms with Crippen molar-refractivity contribution in [3.05, 3.63) is 34.4 Å². The van der Waals surface area contributed by atoms with Gasteiger partial charge in [-0.25, -0.2) is 9.78 Å². The molecule has 0 fully saturated rings. The summed E-state index contributed by atoms with van der Waals surface area (Å²) in [7, 11) is 0. The Labute approximate surface area is 101 Å². The number of thiazole rings is 1. The Bertz CT molecular complexity index is 484. The number of carbonyl (C=O) groups is 1. The van der Waals surface area contributed by atoms with Crippen molar-refractivity contribution >= 4 is 23.1 Å². The van der Waals surface area contributed by atoms with E-state index in [0.717, 1.165) is 12.1 Å². The van der Waals surface area contributed by atoms with Crippen LogP contribution in [0.25, 0.3) is 0 Å². The van der Waals surface area contributed by atoms with Gasteiger partial charge < -0.3 is 10.4 Å². The summed E-state index contributed by atoms with van der Waals surface area (Å²) in [6, 6.07) is 3.01. The lowest BCUT2D eigenvalue weighted by molar-refractivity contribution is 0.0689. The van der Waals surface area contributed by atoms with E-state index in [-0.39, 0.29) is 5.69 Å². The van der Waals surface area contributed by atoms with Crippen molar-refractivity contribution in [2.24, 2.45) is 0 Å². The van der Waals surface area contributed by atoms with Crippen molar-refractivity contribution in [2.75, 3.05) is 11.9 Å². The van der Waals surface area contributed by atoms with Crippen molar-refractivity contribution in [3.63, 3.8) is 0 Å². The number of nitrogens with zero attached hydrogens (tertiary/aromatic N) is 3. The van der Waals surface area contributed by atoms with E-state index in [2.05, 4.69) is 20.5 Å². The highest BCUT2D eigenvalue weighted by atomic mass is 32.1. The maximum absolute atomic E-state index is 10.6. The fourth-order valence-corrected chi connectivity index (χ4v) is 1.81. The van der Waals surface area contributed by atoms with Crippen LogP contribution < -0.4 is 5.32 Å². The number of hydrogen-bond acceptors (Lipinski definition) is 6. The molecule has 0 aliphatic carbocycles. The summed E-state index contributed by atoms with van der Waals surface area (Å²) in [4.78, 5) is 14.7. The number of aromatic carboxylic acids is 1. The van der Waals surface area contributed by atoms with Crippen LogP contribution in [0.15, 0.2) is 23.0 Å². The minimum atomic E-state index is -1.08. The monoisotopic (exact) mass is 250 g/mol. The molecule has 88 valence electrons. The van der Waals surface area contributed by atoms with Crippen molar-refractivity contribution in [2.45, 2.75) is 6.42 Å². The van der Waals surface area contributed by atoms with Gasteiger partial charge >= 0.3 is 5.97 Å². The number of nitrogens with one attached hydrogen (secondary N) is 1. The maximum atomic E-state index is 10.6. The van der Waals surface area contributed by atoms with Gasteiger partial charge in [-0.1, -0.05) is 0 Å². The van der Waals surface area contributed by atoms with Gasteiger partial charge in [0.25, 0.3) is 0 Å². The highest BCUT2D eigenvalue weighted by Crippen LogP contribution is 2.04. The van der Waals surface area contributed by atoms with E-state index in [0.29, 0.717) is 12.4 Å². The first kappa shape index (κ1) is 11.5. The van der Waals surface area contributed by atoms with Crippen LogP contribution in [0.4, 0.5) is 5.82 Å². The fourth-order valence-electron chi connectivity index (χ4n) is 1.22. The molecular weight excluding hydrogens is 240 g/mol. The molecule has 17 heavy (non-hydrogen) atoms. The molecule has 6 nitrogen and oxygen atoms in total. The molecule has 0 bridgehead atoms. The molecule has 0 saturated heterocycles. The summed E-state index contributed by atoms with van der Waals surface area (Å²) in [5.41, 5.74) is 2.75. The highest BCUT2D eigenvalue weighted by Gasteiger charge is 2.04. The summed E-state index contributed by atoms with van der Waals surface area (Å²) in [6.07, 6.45) is 0.797. The molecule has 0 unspecified atom stereocenters. The first-order valence-electron chi connectivity index (χ1n) is 4.93. The topological polar surface area (TPSA) is 88.0 Å². The molecule has 0 aromatic carbocycles. The number of aromatic nitrogens is 3. The Morgan fingerprint density at radius 3 is 2.88 bits per heavy atom. The zero-order chi connectivity index (χ0) is 12.1. The van der Waals surface area contributed by atoms with Crippen LogP contribution in [-0.4, -0.2) is 32.8 Å². The third-order valence-corrected chi connectivity index (χ3v) is 2.69. The van der Waals surface area contributed by atoms with E-state index in [1.165, 1.54) is 6.07 Å². The van der Waals surface area contributed by atoms with Crippen molar-refractivity contribution < 1.29 is 9.90 Å². The molecule has 2 N–H and O–H groups in total. The first-order chi connectivity index (χ1) is 8.25. The first-order valence-corrected chi connectivity index (χ1v) is 5.88. The quantitative estimate of drug-likeness (QED) is 0.831. The summed E-state index contributed by atoms with van der Waals surface area (Å²) < 4.78 is 0. The van der Waals surface area contributed by atoms with E-state index >= 15 is 0 Å². The molecule has 0 spiro atoms.